The third-order valence-corrected chi connectivity index (χ3v) is 6.97. The summed E-state index contributed by atoms with van der Waals surface area (Å²) < 4.78 is 25.4. The second-order valence-corrected chi connectivity index (χ2v) is 8.74. The van der Waals surface area contributed by atoms with Crippen LogP contribution in [0.1, 0.15) is 24.8 Å². The van der Waals surface area contributed by atoms with Crippen molar-refractivity contribution in [1.29, 1.82) is 0 Å². The molecule has 1 unspecified atom stereocenters. The second-order valence-electron chi connectivity index (χ2n) is 6.54. The molecule has 1 aromatic carbocycles. The lowest BCUT2D eigenvalue weighted by Gasteiger charge is -2.16. The average molecular weight is 360 g/mol. The number of hydrogen-bond acceptors (Lipinski definition) is 5. The van der Waals surface area contributed by atoms with Crippen molar-refractivity contribution in [1.82, 2.24) is 9.88 Å². The molecule has 1 aromatic heterocycles. The summed E-state index contributed by atoms with van der Waals surface area (Å²) in [4.78, 5) is 6.38. The third kappa shape index (κ3) is 4.38. The summed E-state index contributed by atoms with van der Waals surface area (Å²) in [6.45, 7) is 2.25. The van der Waals surface area contributed by atoms with Gasteiger partial charge in [-0.25, -0.2) is 8.42 Å². The Kier molecular flexibility index (Phi) is 5.71. The van der Waals surface area contributed by atoms with Gasteiger partial charge in [0.15, 0.2) is 9.84 Å². The van der Waals surface area contributed by atoms with Gasteiger partial charge in [-0.3, -0.25) is 4.98 Å². The highest BCUT2D eigenvalue weighted by molar-refractivity contribution is 7.92. The van der Waals surface area contributed by atoms with E-state index in [2.05, 4.69) is 16.0 Å². The van der Waals surface area contributed by atoms with Crippen LogP contribution in [0.2, 0.25) is 0 Å². The lowest BCUT2D eigenvalue weighted by atomic mass is 10.1. The minimum atomic E-state index is -3.48. The van der Waals surface area contributed by atoms with E-state index in [1.165, 1.54) is 17.7 Å². The molecule has 6 heteroatoms. The van der Waals surface area contributed by atoms with Crippen LogP contribution >= 0.6 is 0 Å². The molecule has 2 heterocycles. The number of benzene rings is 1. The van der Waals surface area contributed by atoms with Gasteiger partial charge in [0, 0.05) is 18.9 Å². The van der Waals surface area contributed by atoms with Crippen LogP contribution in [0.15, 0.2) is 53.7 Å². The van der Waals surface area contributed by atoms with E-state index < -0.39 is 15.1 Å². The number of aromatic nitrogens is 1. The molecule has 0 radical (unpaired) electrons. The van der Waals surface area contributed by atoms with Gasteiger partial charge in [0.1, 0.15) is 10.6 Å². The number of phenolic OH excluding ortho intramolecular Hbond substituents is 1. The van der Waals surface area contributed by atoms with Gasteiger partial charge in [0.2, 0.25) is 0 Å². The number of para-hydroxylation sites is 1. The van der Waals surface area contributed by atoms with Crippen LogP contribution in [0.5, 0.6) is 5.75 Å². The van der Waals surface area contributed by atoms with Crippen LogP contribution in [-0.2, 0) is 16.3 Å². The summed E-state index contributed by atoms with van der Waals surface area (Å²) >= 11 is 0. The number of aryl methyl sites for hydroxylation is 1. The zero-order chi connectivity index (χ0) is 17.7. The van der Waals surface area contributed by atoms with Crippen LogP contribution in [0.4, 0.5) is 0 Å². The monoisotopic (exact) mass is 360 g/mol. The highest BCUT2D eigenvalue weighted by Gasteiger charge is 2.35. The number of pyridine rings is 1. The number of sulfone groups is 1. The van der Waals surface area contributed by atoms with Gasteiger partial charge >= 0.3 is 0 Å². The van der Waals surface area contributed by atoms with Gasteiger partial charge in [-0.05, 0) is 62.5 Å². The maximum Gasteiger partial charge on any atom is 0.186 e. The minimum Gasteiger partial charge on any atom is -0.507 e. The lowest BCUT2D eigenvalue weighted by molar-refractivity contribution is 0.330. The van der Waals surface area contributed by atoms with Crippen LogP contribution in [0.25, 0.3) is 0 Å². The number of rotatable bonds is 7. The number of hydrogen-bond donors (Lipinski definition) is 1. The standard InChI is InChI=1S/C19H24N2O3S/c22-18-8-1-2-9-19(18)25(23,24)17-10-13-21(15-17)12-4-3-6-16-7-5-11-20-14-16/h1-2,5,7-9,11,14,17,22H,3-4,6,10,12-13,15H2. The molecule has 2 aromatic rings. The molecule has 0 spiro atoms. The zero-order valence-electron chi connectivity index (χ0n) is 14.2. The number of aromatic hydroxyl groups is 1. The van der Waals surface area contributed by atoms with E-state index in [-0.39, 0.29) is 10.6 Å². The van der Waals surface area contributed by atoms with Gasteiger partial charge in [0.05, 0.1) is 5.25 Å². The molecule has 0 aliphatic carbocycles. The molecule has 3 rings (SSSR count). The van der Waals surface area contributed by atoms with Crippen molar-refractivity contribution < 1.29 is 13.5 Å². The van der Waals surface area contributed by atoms with Crippen molar-refractivity contribution in [2.45, 2.75) is 35.8 Å². The molecule has 0 bridgehead atoms. The van der Waals surface area contributed by atoms with Gasteiger partial charge in [-0.15, -0.1) is 0 Å². The van der Waals surface area contributed by atoms with Crippen molar-refractivity contribution in [3.05, 3.63) is 54.4 Å². The van der Waals surface area contributed by atoms with E-state index in [0.717, 1.165) is 32.4 Å². The predicted octanol–water partition coefficient (Wildman–Crippen LogP) is 2.66. The summed E-state index contributed by atoms with van der Waals surface area (Å²) in [7, 11) is -3.48. The van der Waals surface area contributed by atoms with E-state index in [4.69, 9.17) is 0 Å². The fourth-order valence-electron chi connectivity index (χ4n) is 3.34. The summed E-state index contributed by atoms with van der Waals surface area (Å²) in [5.41, 5.74) is 1.24. The van der Waals surface area contributed by atoms with Crippen molar-refractivity contribution >= 4 is 9.84 Å². The maximum absolute atomic E-state index is 12.7. The SMILES string of the molecule is O=S(=O)(c1ccccc1O)C1CCN(CCCCc2cccnc2)C1. The summed E-state index contributed by atoms with van der Waals surface area (Å²) in [5, 5.41) is 9.42. The Morgan fingerprint density at radius 1 is 1.16 bits per heavy atom. The van der Waals surface area contributed by atoms with E-state index in [9.17, 15) is 13.5 Å². The minimum absolute atomic E-state index is 0.0541. The Bertz CT molecular complexity index is 793. The largest absolute Gasteiger partial charge is 0.507 e. The normalized spacial score (nSPS) is 18.5. The van der Waals surface area contributed by atoms with E-state index in [1.54, 1.807) is 18.3 Å². The fourth-order valence-corrected chi connectivity index (χ4v) is 5.15. The van der Waals surface area contributed by atoms with Gasteiger partial charge in [-0.2, -0.15) is 0 Å². The van der Waals surface area contributed by atoms with Crippen LogP contribution < -0.4 is 0 Å². The van der Waals surface area contributed by atoms with Crippen LogP contribution in [0.3, 0.4) is 0 Å². The second kappa shape index (κ2) is 7.97. The molecule has 1 N–H and O–H groups in total. The molecule has 134 valence electrons. The van der Waals surface area contributed by atoms with Crippen LogP contribution in [-0.4, -0.2) is 48.3 Å². The number of unbranched alkanes of at least 4 members (excludes halogenated alkanes) is 1. The zero-order valence-corrected chi connectivity index (χ0v) is 15.0. The summed E-state index contributed by atoms with van der Waals surface area (Å²) in [6, 6.07) is 10.2. The van der Waals surface area contributed by atoms with E-state index in [0.29, 0.717) is 13.0 Å². The average Bonchev–Trinajstić information content (AvgIpc) is 3.10. The first kappa shape index (κ1) is 17.9. The van der Waals surface area contributed by atoms with Gasteiger partial charge in [0.25, 0.3) is 0 Å². The molecule has 1 aliphatic rings. The smallest absolute Gasteiger partial charge is 0.186 e. The van der Waals surface area contributed by atoms with Crippen LogP contribution in [0, 0.1) is 0 Å². The molecule has 0 saturated carbocycles. The first-order chi connectivity index (χ1) is 12.1. The Hall–Kier alpha value is -1.92. The van der Waals surface area contributed by atoms with E-state index >= 15 is 0 Å². The molecule has 1 fully saturated rings. The molecule has 5 nitrogen and oxygen atoms in total. The van der Waals surface area contributed by atoms with Gasteiger partial charge in [-0.1, -0.05) is 18.2 Å². The van der Waals surface area contributed by atoms with Gasteiger partial charge < -0.3 is 10.0 Å². The molecule has 25 heavy (non-hydrogen) atoms. The third-order valence-electron chi connectivity index (χ3n) is 4.75. The predicted molar refractivity (Wildman–Crippen MR) is 97.3 cm³/mol. The van der Waals surface area contributed by atoms with Crippen molar-refractivity contribution in [2.24, 2.45) is 0 Å². The lowest BCUT2D eigenvalue weighted by Crippen LogP contribution is -2.28. The number of phenols is 1. The number of nitrogens with zero attached hydrogens (tertiary/aromatic N) is 2. The molecular weight excluding hydrogens is 336 g/mol. The molecule has 0 amide bonds. The summed E-state index contributed by atoms with van der Waals surface area (Å²) in [6.07, 6.45) is 7.40. The molecular formula is C19H24N2O3S. The Morgan fingerprint density at radius 2 is 2.00 bits per heavy atom. The molecule has 1 saturated heterocycles. The van der Waals surface area contributed by atoms with Crippen molar-refractivity contribution in [3.8, 4) is 5.75 Å². The van der Waals surface area contributed by atoms with Crippen molar-refractivity contribution in [2.75, 3.05) is 19.6 Å². The Morgan fingerprint density at radius 3 is 2.76 bits per heavy atom. The van der Waals surface area contributed by atoms with Crippen molar-refractivity contribution in [3.63, 3.8) is 0 Å². The Labute approximate surface area is 149 Å². The highest BCUT2D eigenvalue weighted by Crippen LogP contribution is 2.29. The highest BCUT2D eigenvalue weighted by atomic mass is 32.2. The first-order valence-corrected chi connectivity index (χ1v) is 10.2. The molecule has 1 atom stereocenters. The fraction of sp³-hybridized carbons (Fsp3) is 0.421. The van der Waals surface area contributed by atoms with E-state index in [1.807, 2.05) is 12.3 Å². The maximum atomic E-state index is 12.7. The molecule has 1 aliphatic heterocycles. The summed E-state index contributed by atoms with van der Waals surface area (Å²) in [5.74, 6) is -0.155. The first-order valence-electron chi connectivity index (χ1n) is 8.70. The topological polar surface area (TPSA) is 70.5 Å². The Balaban J connectivity index is 1.49. The number of likely N-dealkylation sites (tertiary alicyclic amines) is 1. The quantitative estimate of drug-likeness (QED) is 0.769.